The summed E-state index contributed by atoms with van der Waals surface area (Å²) in [6.07, 6.45) is 2.44. The monoisotopic (exact) mass is 323 g/mol. The fraction of sp³-hybridized carbons (Fsp3) is 0.400. The van der Waals surface area contributed by atoms with Gasteiger partial charge in [0.2, 0.25) is 5.91 Å². The minimum atomic E-state index is -0.158. The number of pyridine rings is 1. The van der Waals surface area contributed by atoms with Crippen LogP contribution in [0.2, 0.25) is 0 Å². The molecule has 4 nitrogen and oxygen atoms in total. The predicted octanol–water partition coefficient (Wildman–Crippen LogP) is 2.57. The third kappa shape index (κ3) is 4.01. The Hall–Kier alpha value is -2.20. The van der Waals surface area contributed by atoms with Gasteiger partial charge >= 0.3 is 0 Å². The number of aromatic nitrogens is 1. The molecule has 0 aliphatic carbocycles. The smallest absolute Gasteiger partial charge is 0.230 e. The lowest BCUT2D eigenvalue weighted by atomic mass is 9.92. The number of piperazine rings is 1. The van der Waals surface area contributed by atoms with Crippen molar-refractivity contribution >= 4 is 5.91 Å². The highest BCUT2D eigenvalue weighted by Gasteiger charge is 2.28. The van der Waals surface area contributed by atoms with E-state index in [2.05, 4.69) is 16.8 Å². The molecule has 0 saturated carbocycles. The summed E-state index contributed by atoms with van der Waals surface area (Å²) in [7, 11) is 0. The van der Waals surface area contributed by atoms with E-state index in [-0.39, 0.29) is 11.8 Å². The molecule has 24 heavy (non-hydrogen) atoms. The van der Waals surface area contributed by atoms with Crippen molar-refractivity contribution in [2.24, 2.45) is 0 Å². The molecule has 1 fully saturated rings. The summed E-state index contributed by atoms with van der Waals surface area (Å²) < 4.78 is 0. The van der Waals surface area contributed by atoms with Crippen LogP contribution in [0.4, 0.5) is 0 Å². The van der Waals surface area contributed by atoms with Crippen molar-refractivity contribution < 1.29 is 4.79 Å². The average Bonchev–Trinajstić information content (AvgIpc) is 2.67. The first-order chi connectivity index (χ1) is 11.8. The Morgan fingerprint density at radius 3 is 2.38 bits per heavy atom. The molecule has 3 rings (SSSR count). The zero-order valence-electron chi connectivity index (χ0n) is 14.3. The number of nitrogens with zero attached hydrogens (tertiary/aromatic N) is 3. The molecule has 1 aliphatic rings. The van der Waals surface area contributed by atoms with E-state index < -0.39 is 0 Å². The lowest BCUT2D eigenvalue weighted by Crippen LogP contribution is -2.50. The second kappa shape index (κ2) is 8.06. The quantitative estimate of drug-likeness (QED) is 0.848. The number of hydrogen-bond donors (Lipinski definition) is 0. The molecule has 1 aliphatic heterocycles. The Bertz CT molecular complexity index is 636. The number of carbonyl (C=O) groups excluding carboxylic acids is 1. The second-order valence-electron chi connectivity index (χ2n) is 6.25. The molecule has 0 bridgehead atoms. The topological polar surface area (TPSA) is 36.4 Å². The van der Waals surface area contributed by atoms with E-state index >= 15 is 0 Å². The van der Waals surface area contributed by atoms with Gasteiger partial charge in [0.1, 0.15) is 0 Å². The lowest BCUT2D eigenvalue weighted by molar-refractivity contribution is -0.134. The van der Waals surface area contributed by atoms with Gasteiger partial charge in [-0.1, -0.05) is 43.3 Å². The van der Waals surface area contributed by atoms with Crippen molar-refractivity contribution in [2.75, 3.05) is 32.7 Å². The van der Waals surface area contributed by atoms with Gasteiger partial charge in [0, 0.05) is 44.5 Å². The number of amides is 1. The molecule has 4 heteroatoms. The molecular formula is C20H25N3O. The Morgan fingerprint density at radius 2 is 1.75 bits per heavy atom. The molecule has 2 heterocycles. The third-order valence-electron chi connectivity index (χ3n) is 4.77. The largest absolute Gasteiger partial charge is 0.340 e. The van der Waals surface area contributed by atoms with Crippen molar-refractivity contribution in [1.29, 1.82) is 0 Å². The average molecular weight is 323 g/mol. The van der Waals surface area contributed by atoms with E-state index in [0.717, 1.165) is 44.0 Å². The fourth-order valence-corrected chi connectivity index (χ4v) is 3.27. The highest BCUT2D eigenvalue weighted by Crippen LogP contribution is 2.23. The van der Waals surface area contributed by atoms with Crippen molar-refractivity contribution in [1.82, 2.24) is 14.8 Å². The van der Waals surface area contributed by atoms with E-state index in [1.807, 2.05) is 53.4 Å². The van der Waals surface area contributed by atoms with Gasteiger partial charge in [0.15, 0.2) is 0 Å². The molecule has 1 saturated heterocycles. The normalized spacial score (nSPS) is 16.8. The first kappa shape index (κ1) is 16.7. The van der Waals surface area contributed by atoms with Gasteiger partial charge in [-0.2, -0.15) is 0 Å². The molecule has 0 radical (unpaired) electrons. The Kier molecular flexibility index (Phi) is 5.59. The fourth-order valence-electron chi connectivity index (χ4n) is 3.27. The maximum atomic E-state index is 13.2. The summed E-state index contributed by atoms with van der Waals surface area (Å²) in [6.45, 7) is 6.79. The molecule has 126 valence electrons. The van der Waals surface area contributed by atoms with Crippen molar-refractivity contribution in [3.8, 4) is 0 Å². The van der Waals surface area contributed by atoms with Gasteiger partial charge < -0.3 is 9.80 Å². The summed E-state index contributed by atoms with van der Waals surface area (Å²) >= 11 is 0. The summed E-state index contributed by atoms with van der Waals surface area (Å²) in [5.41, 5.74) is 2.04. The number of hydrogen-bond acceptors (Lipinski definition) is 3. The minimum absolute atomic E-state index is 0.158. The molecule has 1 aromatic carbocycles. The Morgan fingerprint density at radius 1 is 1.04 bits per heavy atom. The van der Waals surface area contributed by atoms with Crippen LogP contribution in [-0.4, -0.2) is 53.4 Å². The van der Waals surface area contributed by atoms with Crippen molar-refractivity contribution in [2.45, 2.75) is 19.3 Å². The molecule has 2 aromatic rings. The maximum absolute atomic E-state index is 13.2. The first-order valence-corrected chi connectivity index (χ1v) is 8.74. The molecule has 0 N–H and O–H groups in total. The van der Waals surface area contributed by atoms with Crippen molar-refractivity contribution in [3.05, 3.63) is 66.0 Å². The summed E-state index contributed by atoms with van der Waals surface area (Å²) in [5.74, 6) is 0.0666. The van der Waals surface area contributed by atoms with Gasteiger partial charge in [0.25, 0.3) is 0 Å². The second-order valence-corrected chi connectivity index (χ2v) is 6.25. The van der Waals surface area contributed by atoms with Crippen LogP contribution < -0.4 is 0 Å². The van der Waals surface area contributed by atoms with Gasteiger partial charge in [0.05, 0.1) is 5.92 Å². The van der Waals surface area contributed by atoms with Gasteiger partial charge in [-0.3, -0.25) is 9.78 Å². The van der Waals surface area contributed by atoms with E-state index in [9.17, 15) is 4.79 Å². The van der Waals surface area contributed by atoms with Crippen LogP contribution in [0, 0.1) is 0 Å². The number of likely N-dealkylation sites (N-methyl/N-ethyl adjacent to an activating group) is 1. The number of benzene rings is 1. The molecule has 1 unspecified atom stereocenters. The van der Waals surface area contributed by atoms with E-state index in [0.29, 0.717) is 6.42 Å². The molecule has 1 atom stereocenters. The third-order valence-corrected chi connectivity index (χ3v) is 4.77. The van der Waals surface area contributed by atoms with Crippen LogP contribution in [-0.2, 0) is 11.2 Å². The van der Waals surface area contributed by atoms with Crippen LogP contribution in [0.5, 0.6) is 0 Å². The SMILES string of the molecule is CCN1CCN(C(=O)C(Cc2ccccn2)c2ccccc2)CC1. The molecule has 1 aromatic heterocycles. The van der Waals surface area contributed by atoms with Crippen LogP contribution in [0.15, 0.2) is 54.7 Å². The molecule has 1 amide bonds. The molecule has 0 spiro atoms. The molecular weight excluding hydrogens is 298 g/mol. The Balaban J connectivity index is 1.78. The number of carbonyl (C=O) groups is 1. The van der Waals surface area contributed by atoms with Gasteiger partial charge in [-0.15, -0.1) is 0 Å². The predicted molar refractivity (Wildman–Crippen MR) is 95.8 cm³/mol. The highest BCUT2D eigenvalue weighted by molar-refractivity contribution is 5.84. The van der Waals surface area contributed by atoms with Crippen LogP contribution >= 0.6 is 0 Å². The standard InChI is InChI=1S/C20H25N3O/c1-2-22-12-14-23(15-13-22)20(24)19(17-8-4-3-5-9-17)16-18-10-6-7-11-21-18/h3-11,19H,2,12-16H2,1H3. The zero-order chi connectivity index (χ0) is 16.8. The van der Waals surface area contributed by atoms with E-state index in [1.165, 1.54) is 0 Å². The number of rotatable bonds is 5. The van der Waals surface area contributed by atoms with Gasteiger partial charge in [-0.25, -0.2) is 0 Å². The minimum Gasteiger partial charge on any atom is -0.340 e. The van der Waals surface area contributed by atoms with Crippen LogP contribution in [0.1, 0.15) is 24.1 Å². The van der Waals surface area contributed by atoms with E-state index in [4.69, 9.17) is 0 Å². The lowest BCUT2D eigenvalue weighted by Gasteiger charge is -2.36. The highest BCUT2D eigenvalue weighted by atomic mass is 16.2. The first-order valence-electron chi connectivity index (χ1n) is 8.74. The van der Waals surface area contributed by atoms with Crippen LogP contribution in [0.3, 0.4) is 0 Å². The maximum Gasteiger partial charge on any atom is 0.230 e. The zero-order valence-corrected chi connectivity index (χ0v) is 14.3. The van der Waals surface area contributed by atoms with Crippen molar-refractivity contribution in [3.63, 3.8) is 0 Å². The van der Waals surface area contributed by atoms with E-state index in [1.54, 1.807) is 6.20 Å². The van der Waals surface area contributed by atoms with Crippen LogP contribution in [0.25, 0.3) is 0 Å². The summed E-state index contributed by atoms with van der Waals surface area (Å²) in [6, 6.07) is 16.0. The Labute approximate surface area is 144 Å². The van der Waals surface area contributed by atoms with Gasteiger partial charge in [-0.05, 0) is 24.2 Å². The summed E-state index contributed by atoms with van der Waals surface area (Å²) in [5, 5.41) is 0. The summed E-state index contributed by atoms with van der Waals surface area (Å²) in [4.78, 5) is 22.0.